The van der Waals surface area contributed by atoms with Crippen molar-refractivity contribution in [3.63, 3.8) is 0 Å². The SMILES string of the molecule is Cc1cc2ncc3cc(-c4cccc(C#N)c4)c(-c4ccc(C5(N)CC(O)C5)cc4)nc3n2n1. The maximum Gasteiger partial charge on any atom is 0.165 e. The molecule has 1 aliphatic rings. The highest BCUT2D eigenvalue weighted by Gasteiger charge is 2.41. The lowest BCUT2D eigenvalue weighted by molar-refractivity contribution is 0.0209. The number of pyridine rings is 1. The Labute approximate surface area is 196 Å². The first kappa shape index (κ1) is 20.5. The third kappa shape index (κ3) is 3.24. The predicted octanol–water partition coefficient (Wildman–Crippen LogP) is 4.10. The second-order valence-corrected chi connectivity index (χ2v) is 9.10. The van der Waals surface area contributed by atoms with Gasteiger partial charge in [-0.1, -0.05) is 36.4 Å². The number of nitrogens with two attached hydrogens (primary N) is 1. The van der Waals surface area contributed by atoms with Gasteiger partial charge in [-0.05, 0) is 49.1 Å². The Hall–Kier alpha value is -4.12. The predicted molar refractivity (Wildman–Crippen MR) is 130 cm³/mol. The number of nitrogens with zero attached hydrogens (tertiary/aromatic N) is 5. The highest BCUT2D eigenvalue weighted by molar-refractivity contribution is 5.91. The molecule has 0 radical (unpaired) electrons. The Balaban J connectivity index is 1.57. The molecule has 1 saturated carbocycles. The molecule has 0 bridgehead atoms. The molecule has 6 rings (SSSR count). The minimum Gasteiger partial charge on any atom is -0.393 e. The Morgan fingerprint density at radius 3 is 2.62 bits per heavy atom. The van der Waals surface area contributed by atoms with Crippen molar-refractivity contribution < 1.29 is 5.11 Å². The van der Waals surface area contributed by atoms with Gasteiger partial charge in [0.15, 0.2) is 11.3 Å². The van der Waals surface area contributed by atoms with E-state index >= 15 is 0 Å². The molecular formula is C27H22N6O. The zero-order chi connectivity index (χ0) is 23.4. The van der Waals surface area contributed by atoms with E-state index in [0.29, 0.717) is 18.4 Å². The van der Waals surface area contributed by atoms with Crippen LogP contribution in [0.4, 0.5) is 0 Å². The van der Waals surface area contributed by atoms with E-state index in [1.807, 2.05) is 61.7 Å². The summed E-state index contributed by atoms with van der Waals surface area (Å²) in [7, 11) is 0. The molecule has 0 saturated heterocycles. The van der Waals surface area contributed by atoms with Gasteiger partial charge in [0, 0.05) is 34.3 Å². The van der Waals surface area contributed by atoms with Crippen molar-refractivity contribution in [2.75, 3.05) is 0 Å². The molecule has 7 nitrogen and oxygen atoms in total. The second-order valence-electron chi connectivity index (χ2n) is 9.10. The smallest absolute Gasteiger partial charge is 0.165 e. The average Bonchev–Trinajstić information content (AvgIpc) is 3.23. The molecule has 34 heavy (non-hydrogen) atoms. The van der Waals surface area contributed by atoms with Crippen LogP contribution < -0.4 is 5.73 Å². The molecule has 7 heteroatoms. The summed E-state index contributed by atoms with van der Waals surface area (Å²) in [5.41, 5.74) is 13.4. The van der Waals surface area contributed by atoms with Crippen LogP contribution in [0.3, 0.4) is 0 Å². The van der Waals surface area contributed by atoms with Crippen LogP contribution in [0, 0.1) is 18.3 Å². The Kier molecular flexibility index (Phi) is 4.49. The van der Waals surface area contributed by atoms with E-state index in [2.05, 4.69) is 22.2 Å². The van der Waals surface area contributed by atoms with Gasteiger partial charge in [-0.25, -0.2) is 9.97 Å². The molecule has 3 aromatic heterocycles. The minimum absolute atomic E-state index is 0.334. The van der Waals surface area contributed by atoms with Gasteiger partial charge in [0.2, 0.25) is 0 Å². The first-order valence-corrected chi connectivity index (χ1v) is 11.2. The number of aliphatic hydroxyl groups excluding tert-OH is 1. The fraction of sp³-hybridized carbons (Fsp3) is 0.185. The van der Waals surface area contributed by atoms with Gasteiger partial charge in [0.25, 0.3) is 0 Å². The van der Waals surface area contributed by atoms with Crippen molar-refractivity contribution in [2.24, 2.45) is 5.73 Å². The molecule has 3 N–H and O–H groups in total. The van der Waals surface area contributed by atoms with E-state index in [-0.39, 0.29) is 6.10 Å². The Bertz CT molecular complexity index is 1610. The highest BCUT2D eigenvalue weighted by atomic mass is 16.3. The van der Waals surface area contributed by atoms with Gasteiger partial charge in [-0.2, -0.15) is 14.9 Å². The molecule has 2 aromatic carbocycles. The maximum absolute atomic E-state index is 9.75. The number of hydrogen-bond donors (Lipinski definition) is 2. The molecule has 5 aromatic rings. The molecular weight excluding hydrogens is 424 g/mol. The number of rotatable bonds is 3. The van der Waals surface area contributed by atoms with Crippen LogP contribution in [0.25, 0.3) is 39.1 Å². The van der Waals surface area contributed by atoms with Gasteiger partial charge in [-0.3, -0.25) is 0 Å². The lowest BCUT2D eigenvalue weighted by atomic mass is 9.70. The number of nitriles is 1. The molecule has 3 heterocycles. The summed E-state index contributed by atoms with van der Waals surface area (Å²) >= 11 is 0. The standard InChI is InChI=1S/C27H22N6O/c1-16-9-24-30-15-20-11-23(19-4-2-3-17(10-19)14-28)25(31-26(20)33(24)32-16)18-5-7-21(8-6-18)27(29)12-22(34)13-27/h2-11,15,22,34H,12-13,29H2,1H3. The van der Waals surface area contributed by atoms with Crippen LogP contribution in [0.2, 0.25) is 0 Å². The molecule has 1 aliphatic carbocycles. The third-order valence-corrected chi connectivity index (χ3v) is 6.62. The molecule has 1 fully saturated rings. The summed E-state index contributed by atoms with van der Waals surface area (Å²) in [6, 6.07) is 21.8. The van der Waals surface area contributed by atoms with Crippen molar-refractivity contribution >= 4 is 16.7 Å². The molecule has 0 amide bonds. The summed E-state index contributed by atoms with van der Waals surface area (Å²) in [4.78, 5) is 9.60. The van der Waals surface area contributed by atoms with E-state index in [9.17, 15) is 10.4 Å². The fourth-order valence-electron chi connectivity index (χ4n) is 4.83. The van der Waals surface area contributed by atoms with E-state index in [4.69, 9.17) is 10.7 Å². The number of hydrogen-bond acceptors (Lipinski definition) is 6. The van der Waals surface area contributed by atoms with Crippen molar-refractivity contribution in [3.8, 4) is 28.5 Å². The van der Waals surface area contributed by atoms with Gasteiger partial charge < -0.3 is 10.8 Å². The summed E-state index contributed by atoms with van der Waals surface area (Å²) in [5.74, 6) is 0. The Morgan fingerprint density at radius 1 is 1.09 bits per heavy atom. The summed E-state index contributed by atoms with van der Waals surface area (Å²) < 4.78 is 1.77. The van der Waals surface area contributed by atoms with Crippen LogP contribution in [0.5, 0.6) is 0 Å². The lowest BCUT2D eigenvalue weighted by Gasteiger charge is -2.42. The molecule has 0 atom stereocenters. The Morgan fingerprint density at radius 2 is 1.88 bits per heavy atom. The number of aryl methyl sites for hydroxylation is 1. The monoisotopic (exact) mass is 446 g/mol. The molecule has 0 unspecified atom stereocenters. The van der Waals surface area contributed by atoms with Crippen LogP contribution in [-0.4, -0.2) is 30.8 Å². The number of fused-ring (bicyclic) bond motifs is 3. The normalized spacial score (nSPS) is 19.8. The van der Waals surface area contributed by atoms with Gasteiger partial charge in [0.05, 0.1) is 29.1 Å². The minimum atomic E-state index is -0.483. The summed E-state index contributed by atoms with van der Waals surface area (Å²) in [6.45, 7) is 1.93. The van der Waals surface area contributed by atoms with E-state index in [1.165, 1.54) is 0 Å². The van der Waals surface area contributed by atoms with E-state index in [0.717, 1.165) is 50.3 Å². The fourth-order valence-corrected chi connectivity index (χ4v) is 4.83. The third-order valence-electron chi connectivity index (χ3n) is 6.62. The number of benzene rings is 2. The molecule has 166 valence electrons. The zero-order valence-electron chi connectivity index (χ0n) is 18.6. The number of aliphatic hydroxyl groups is 1. The van der Waals surface area contributed by atoms with Crippen molar-refractivity contribution in [1.82, 2.24) is 19.6 Å². The quantitative estimate of drug-likeness (QED) is 0.431. The van der Waals surface area contributed by atoms with Crippen LogP contribution >= 0.6 is 0 Å². The average molecular weight is 447 g/mol. The van der Waals surface area contributed by atoms with E-state index in [1.54, 1.807) is 10.6 Å². The van der Waals surface area contributed by atoms with Crippen LogP contribution in [-0.2, 0) is 5.54 Å². The largest absolute Gasteiger partial charge is 0.393 e. The van der Waals surface area contributed by atoms with Gasteiger partial charge in [0.1, 0.15) is 0 Å². The number of aromatic nitrogens is 4. The van der Waals surface area contributed by atoms with Gasteiger partial charge in [-0.15, -0.1) is 0 Å². The van der Waals surface area contributed by atoms with Crippen molar-refractivity contribution in [3.05, 3.63) is 83.7 Å². The lowest BCUT2D eigenvalue weighted by Crippen LogP contribution is -2.51. The second kappa shape index (κ2) is 7.45. The highest BCUT2D eigenvalue weighted by Crippen LogP contribution is 2.40. The summed E-state index contributed by atoms with van der Waals surface area (Å²) in [6.07, 6.45) is 2.61. The van der Waals surface area contributed by atoms with Crippen LogP contribution in [0.15, 0.2) is 66.9 Å². The first-order valence-electron chi connectivity index (χ1n) is 11.2. The zero-order valence-corrected chi connectivity index (χ0v) is 18.6. The van der Waals surface area contributed by atoms with Crippen LogP contribution in [0.1, 0.15) is 29.7 Å². The van der Waals surface area contributed by atoms with Crippen molar-refractivity contribution in [2.45, 2.75) is 31.4 Å². The van der Waals surface area contributed by atoms with Crippen molar-refractivity contribution in [1.29, 1.82) is 5.26 Å². The van der Waals surface area contributed by atoms with E-state index < -0.39 is 5.54 Å². The maximum atomic E-state index is 9.75. The first-order chi connectivity index (χ1) is 16.4. The molecule has 0 spiro atoms. The van der Waals surface area contributed by atoms with Gasteiger partial charge >= 0.3 is 0 Å². The summed E-state index contributed by atoms with van der Waals surface area (Å²) in [5, 5.41) is 24.6. The molecule has 0 aliphatic heterocycles. The topological polar surface area (TPSA) is 113 Å².